The third kappa shape index (κ3) is 2.45. The lowest BCUT2D eigenvalue weighted by atomic mass is 9.95. The molecule has 1 aliphatic rings. The van der Waals surface area contributed by atoms with Gasteiger partial charge in [0.15, 0.2) is 0 Å². The molecule has 0 unspecified atom stereocenters. The highest BCUT2D eigenvalue weighted by atomic mass is 32.1. The Balaban J connectivity index is 2.09. The van der Waals surface area contributed by atoms with Gasteiger partial charge < -0.3 is 10.6 Å². The average molecular weight is 288 g/mol. The topological polar surface area (TPSA) is 41.1 Å². The minimum absolute atomic E-state index is 0.0723. The predicted molar refractivity (Wildman–Crippen MR) is 84.7 cm³/mol. The minimum atomic E-state index is 0.0723. The number of amides is 1. The second kappa shape index (κ2) is 5.54. The van der Waals surface area contributed by atoms with E-state index in [0.29, 0.717) is 5.92 Å². The van der Waals surface area contributed by atoms with Crippen molar-refractivity contribution < 1.29 is 4.79 Å². The van der Waals surface area contributed by atoms with Crippen molar-refractivity contribution in [1.29, 1.82) is 0 Å². The number of rotatable bonds is 3. The maximum Gasteiger partial charge on any atom is 0.261 e. The molecule has 1 aromatic heterocycles. The lowest BCUT2D eigenvalue weighted by Gasteiger charge is -2.13. The van der Waals surface area contributed by atoms with E-state index in [-0.39, 0.29) is 11.9 Å². The van der Waals surface area contributed by atoms with Gasteiger partial charge >= 0.3 is 0 Å². The van der Waals surface area contributed by atoms with Crippen molar-refractivity contribution in [2.24, 2.45) is 0 Å². The van der Waals surface area contributed by atoms with Crippen LogP contribution in [-0.4, -0.2) is 25.0 Å². The fourth-order valence-corrected chi connectivity index (χ4v) is 4.06. The molecule has 0 spiro atoms. The summed E-state index contributed by atoms with van der Waals surface area (Å²) < 4.78 is 1.21. The second-order valence-electron chi connectivity index (χ2n) is 5.66. The monoisotopic (exact) mass is 288 g/mol. The number of carbonyl (C=O) groups is 1. The van der Waals surface area contributed by atoms with Crippen LogP contribution in [0.1, 0.15) is 41.4 Å². The van der Waals surface area contributed by atoms with Crippen molar-refractivity contribution in [2.45, 2.75) is 32.2 Å². The van der Waals surface area contributed by atoms with E-state index in [2.05, 4.69) is 28.8 Å². The molecule has 1 aromatic carbocycles. The Morgan fingerprint density at radius 2 is 2.20 bits per heavy atom. The van der Waals surface area contributed by atoms with E-state index in [1.54, 1.807) is 11.3 Å². The number of fused-ring (bicyclic) bond motifs is 1. The predicted octanol–water partition coefficient (Wildman–Crippen LogP) is 3.12. The molecule has 20 heavy (non-hydrogen) atoms. The zero-order valence-electron chi connectivity index (χ0n) is 11.9. The summed E-state index contributed by atoms with van der Waals surface area (Å²) >= 11 is 1.62. The molecule has 2 heterocycles. The molecular weight excluding hydrogens is 268 g/mol. The smallest absolute Gasteiger partial charge is 0.261 e. The van der Waals surface area contributed by atoms with E-state index in [1.165, 1.54) is 15.6 Å². The van der Waals surface area contributed by atoms with Crippen LogP contribution in [0.4, 0.5) is 0 Å². The van der Waals surface area contributed by atoms with Crippen LogP contribution in [0.2, 0.25) is 0 Å². The third-order valence-corrected chi connectivity index (χ3v) is 4.91. The molecule has 1 fully saturated rings. The summed E-state index contributed by atoms with van der Waals surface area (Å²) in [6.45, 7) is 6.02. The molecule has 4 heteroatoms. The first-order valence-corrected chi connectivity index (χ1v) is 8.01. The Morgan fingerprint density at radius 1 is 1.40 bits per heavy atom. The van der Waals surface area contributed by atoms with Gasteiger partial charge in [0.2, 0.25) is 0 Å². The van der Waals surface area contributed by atoms with Gasteiger partial charge in [-0.1, -0.05) is 18.2 Å². The van der Waals surface area contributed by atoms with E-state index in [4.69, 9.17) is 0 Å². The summed E-state index contributed by atoms with van der Waals surface area (Å²) in [6, 6.07) is 8.52. The van der Waals surface area contributed by atoms with Gasteiger partial charge in [-0.05, 0) is 49.7 Å². The Hall–Kier alpha value is -1.39. The summed E-state index contributed by atoms with van der Waals surface area (Å²) in [6.07, 6.45) is 1.11. The zero-order chi connectivity index (χ0) is 14.1. The molecule has 0 aliphatic carbocycles. The van der Waals surface area contributed by atoms with Gasteiger partial charge in [-0.2, -0.15) is 0 Å². The van der Waals surface area contributed by atoms with Gasteiger partial charge in [0, 0.05) is 17.3 Å². The van der Waals surface area contributed by atoms with Crippen LogP contribution < -0.4 is 10.6 Å². The van der Waals surface area contributed by atoms with E-state index < -0.39 is 0 Å². The lowest BCUT2D eigenvalue weighted by Crippen LogP contribution is -2.30. The number of thiophene rings is 1. The molecule has 0 saturated carbocycles. The first-order chi connectivity index (χ1) is 9.66. The van der Waals surface area contributed by atoms with Gasteiger partial charge in [0.1, 0.15) is 0 Å². The third-order valence-electron chi connectivity index (χ3n) is 3.73. The van der Waals surface area contributed by atoms with Crippen molar-refractivity contribution in [3.63, 3.8) is 0 Å². The van der Waals surface area contributed by atoms with Crippen LogP contribution in [0, 0.1) is 0 Å². The van der Waals surface area contributed by atoms with Crippen LogP contribution in [0.3, 0.4) is 0 Å². The second-order valence-corrected chi connectivity index (χ2v) is 6.71. The molecule has 3 rings (SSSR count). The minimum Gasteiger partial charge on any atom is -0.349 e. The molecule has 2 aromatic rings. The highest BCUT2D eigenvalue weighted by Gasteiger charge is 2.27. The maximum absolute atomic E-state index is 12.5. The lowest BCUT2D eigenvalue weighted by molar-refractivity contribution is 0.0946. The van der Waals surface area contributed by atoms with Crippen molar-refractivity contribution in [3.05, 3.63) is 34.7 Å². The molecule has 3 nitrogen and oxygen atoms in total. The van der Waals surface area contributed by atoms with E-state index in [0.717, 1.165) is 24.4 Å². The summed E-state index contributed by atoms with van der Waals surface area (Å²) in [7, 11) is 0. The summed E-state index contributed by atoms with van der Waals surface area (Å²) in [5.41, 5.74) is 1.24. The Bertz CT molecular complexity index is 626. The standard InChI is InChI=1S/C16H20N2OS/c1-10(2)18-16(19)15-14(11-7-8-17-9-11)12-5-3-4-6-13(12)20-15/h3-6,10-11,17H,7-9H2,1-2H3,(H,18,19)/t11-/m1/s1. The number of nitrogens with one attached hydrogen (secondary N) is 2. The van der Waals surface area contributed by atoms with Crippen LogP contribution in [-0.2, 0) is 0 Å². The molecule has 2 N–H and O–H groups in total. The van der Waals surface area contributed by atoms with E-state index >= 15 is 0 Å². The largest absolute Gasteiger partial charge is 0.349 e. The number of hydrogen-bond donors (Lipinski definition) is 2. The van der Waals surface area contributed by atoms with Crippen LogP contribution in [0.25, 0.3) is 10.1 Å². The van der Waals surface area contributed by atoms with E-state index in [1.807, 2.05) is 19.9 Å². The van der Waals surface area contributed by atoms with Gasteiger partial charge in [-0.3, -0.25) is 4.79 Å². The molecule has 106 valence electrons. The normalized spacial score (nSPS) is 18.9. The SMILES string of the molecule is CC(C)NC(=O)c1sc2ccccc2c1[C@@H]1CCNC1. The van der Waals surface area contributed by atoms with Crippen LogP contribution in [0.15, 0.2) is 24.3 Å². The van der Waals surface area contributed by atoms with Crippen molar-refractivity contribution >= 4 is 27.3 Å². The fourth-order valence-electron chi connectivity index (χ4n) is 2.87. The molecule has 0 bridgehead atoms. The average Bonchev–Trinajstić information content (AvgIpc) is 3.04. The molecule has 1 aliphatic heterocycles. The summed E-state index contributed by atoms with van der Waals surface area (Å²) in [5, 5.41) is 7.69. The number of hydrogen-bond acceptors (Lipinski definition) is 3. The Labute approximate surface area is 123 Å². The Morgan fingerprint density at radius 3 is 2.90 bits per heavy atom. The van der Waals surface area contributed by atoms with Crippen molar-refractivity contribution in [2.75, 3.05) is 13.1 Å². The summed E-state index contributed by atoms with van der Waals surface area (Å²) in [5.74, 6) is 0.530. The summed E-state index contributed by atoms with van der Waals surface area (Å²) in [4.78, 5) is 13.4. The zero-order valence-corrected chi connectivity index (χ0v) is 12.7. The van der Waals surface area contributed by atoms with Gasteiger partial charge in [0.25, 0.3) is 5.91 Å². The molecule has 1 saturated heterocycles. The number of carbonyl (C=O) groups excluding carboxylic acids is 1. The highest BCUT2D eigenvalue weighted by Crippen LogP contribution is 2.38. The molecule has 1 atom stereocenters. The Kier molecular flexibility index (Phi) is 3.76. The van der Waals surface area contributed by atoms with E-state index in [9.17, 15) is 4.79 Å². The van der Waals surface area contributed by atoms with Crippen LogP contribution in [0.5, 0.6) is 0 Å². The van der Waals surface area contributed by atoms with Gasteiger partial charge in [-0.15, -0.1) is 11.3 Å². The van der Waals surface area contributed by atoms with Gasteiger partial charge in [0.05, 0.1) is 4.88 Å². The van der Waals surface area contributed by atoms with Crippen molar-refractivity contribution in [3.8, 4) is 0 Å². The quantitative estimate of drug-likeness (QED) is 0.911. The first-order valence-electron chi connectivity index (χ1n) is 7.20. The first kappa shape index (κ1) is 13.6. The van der Waals surface area contributed by atoms with Crippen LogP contribution >= 0.6 is 11.3 Å². The molecule has 0 radical (unpaired) electrons. The number of benzene rings is 1. The highest BCUT2D eigenvalue weighted by molar-refractivity contribution is 7.21. The maximum atomic E-state index is 12.5. The van der Waals surface area contributed by atoms with Gasteiger partial charge in [-0.25, -0.2) is 0 Å². The fraction of sp³-hybridized carbons (Fsp3) is 0.438. The molecular formula is C16H20N2OS. The molecule has 1 amide bonds. The van der Waals surface area contributed by atoms with Crippen molar-refractivity contribution in [1.82, 2.24) is 10.6 Å².